The number of hydrogen-bond donors (Lipinski definition) is 0. The molecule has 0 aromatic heterocycles. The molecule has 1 heterocycles. The fraction of sp³-hybridized carbons (Fsp3) is 0.400. The maximum Gasteiger partial charge on any atom is 0.127 e. The number of para-hydroxylation sites is 1. The third kappa shape index (κ3) is 3.89. The van der Waals surface area contributed by atoms with Crippen molar-refractivity contribution in [3.63, 3.8) is 0 Å². The van der Waals surface area contributed by atoms with Gasteiger partial charge < -0.3 is 4.74 Å². The van der Waals surface area contributed by atoms with Gasteiger partial charge >= 0.3 is 0 Å². The predicted octanol–water partition coefficient (Wildman–Crippen LogP) is 4.96. The lowest BCUT2D eigenvalue weighted by molar-refractivity contribution is 0.132. The van der Waals surface area contributed by atoms with Crippen molar-refractivity contribution in [2.75, 3.05) is 13.1 Å². The highest BCUT2D eigenvalue weighted by atomic mass is 16.5. The average Bonchev–Trinajstić information content (AvgIpc) is 2.52. The van der Waals surface area contributed by atoms with Gasteiger partial charge in [0.25, 0.3) is 0 Å². The van der Waals surface area contributed by atoms with Crippen LogP contribution in [0.25, 0.3) is 0 Å². The summed E-state index contributed by atoms with van der Waals surface area (Å²) in [6, 6.07) is 18.4. The molecule has 2 heteroatoms. The van der Waals surface area contributed by atoms with Gasteiger partial charge in [-0.15, -0.1) is 0 Å². The van der Waals surface area contributed by atoms with Gasteiger partial charge in [0.05, 0.1) is 0 Å². The number of rotatable bonds is 4. The van der Waals surface area contributed by atoms with Crippen molar-refractivity contribution in [3.8, 4) is 11.5 Å². The summed E-state index contributed by atoms with van der Waals surface area (Å²) in [5.41, 5.74) is 1.33. The topological polar surface area (TPSA) is 12.5 Å². The van der Waals surface area contributed by atoms with Crippen LogP contribution in [-0.4, -0.2) is 18.0 Å². The molecule has 0 radical (unpaired) electrons. The summed E-state index contributed by atoms with van der Waals surface area (Å²) in [6.45, 7) is 8.16. The molecule has 0 bridgehead atoms. The molecule has 1 aliphatic heterocycles. The summed E-state index contributed by atoms with van der Waals surface area (Å²) in [5, 5.41) is 0. The Hall–Kier alpha value is -1.80. The fourth-order valence-electron chi connectivity index (χ4n) is 3.08. The summed E-state index contributed by atoms with van der Waals surface area (Å²) < 4.78 is 5.93. The largest absolute Gasteiger partial charge is 0.457 e. The third-order valence-electron chi connectivity index (χ3n) is 4.70. The summed E-state index contributed by atoms with van der Waals surface area (Å²) in [5.74, 6) is 3.45. The van der Waals surface area contributed by atoms with Gasteiger partial charge in [0.2, 0.25) is 0 Å². The van der Waals surface area contributed by atoms with Crippen molar-refractivity contribution in [1.29, 1.82) is 0 Å². The molecule has 2 atom stereocenters. The van der Waals surface area contributed by atoms with Crippen LogP contribution < -0.4 is 4.74 Å². The molecule has 0 spiro atoms. The number of benzene rings is 2. The number of ether oxygens (including phenoxy) is 1. The number of likely N-dealkylation sites (tertiary alicyclic amines) is 1. The Bertz CT molecular complexity index is 596. The summed E-state index contributed by atoms with van der Waals surface area (Å²) in [6.07, 6.45) is 1.31. The molecule has 22 heavy (non-hydrogen) atoms. The van der Waals surface area contributed by atoms with E-state index in [4.69, 9.17) is 4.74 Å². The van der Waals surface area contributed by atoms with Gasteiger partial charge in [0, 0.05) is 13.1 Å². The van der Waals surface area contributed by atoms with Crippen molar-refractivity contribution in [2.45, 2.75) is 26.8 Å². The molecule has 1 fully saturated rings. The Kier molecular flexibility index (Phi) is 4.79. The van der Waals surface area contributed by atoms with Crippen molar-refractivity contribution >= 4 is 0 Å². The lowest BCUT2D eigenvalue weighted by Crippen LogP contribution is -2.37. The first-order valence-electron chi connectivity index (χ1n) is 8.25. The average molecular weight is 295 g/mol. The minimum absolute atomic E-state index is 0.789. The van der Waals surface area contributed by atoms with E-state index >= 15 is 0 Å². The zero-order valence-electron chi connectivity index (χ0n) is 13.5. The van der Waals surface area contributed by atoms with Crippen LogP contribution in [0, 0.1) is 11.8 Å². The smallest absolute Gasteiger partial charge is 0.127 e. The second kappa shape index (κ2) is 6.97. The summed E-state index contributed by atoms with van der Waals surface area (Å²) in [7, 11) is 0. The van der Waals surface area contributed by atoms with Crippen molar-refractivity contribution in [3.05, 3.63) is 60.2 Å². The molecule has 2 aromatic rings. The van der Waals surface area contributed by atoms with E-state index in [2.05, 4.69) is 36.9 Å². The van der Waals surface area contributed by atoms with E-state index < -0.39 is 0 Å². The van der Waals surface area contributed by atoms with Crippen LogP contribution in [0.3, 0.4) is 0 Å². The summed E-state index contributed by atoms with van der Waals surface area (Å²) in [4.78, 5) is 2.56. The van der Waals surface area contributed by atoms with Crippen molar-refractivity contribution < 1.29 is 4.74 Å². The Balaban J connectivity index is 1.64. The van der Waals surface area contributed by atoms with Crippen LogP contribution in [0.15, 0.2) is 54.6 Å². The number of nitrogens with zero attached hydrogens (tertiary/aromatic N) is 1. The highest BCUT2D eigenvalue weighted by molar-refractivity contribution is 5.33. The van der Waals surface area contributed by atoms with E-state index in [1.165, 1.54) is 25.1 Å². The molecule has 116 valence electrons. The second-order valence-electron chi connectivity index (χ2n) is 6.54. The monoisotopic (exact) mass is 295 g/mol. The molecule has 2 nitrogen and oxygen atoms in total. The van der Waals surface area contributed by atoms with Crippen molar-refractivity contribution in [2.24, 2.45) is 11.8 Å². The van der Waals surface area contributed by atoms with Crippen LogP contribution in [-0.2, 0) is 6.54 Å². The zero-order valence-corrected chi connectivity index (χ0v) is 13.5. The molecule has 1 aliphatic rings. The molecule has 1 saturated heterocycles. The highest BCUT2D eigenvalue weighted by Crippen LogP contribution is 2.26. The molecule has 0 saturated carbocycles. The van der Waals surface area contributed by atoms with Gasteiger partial charge in [0.1, 0.15) is 11.5 Å². The fourth-order valence-corrected chi connectivity index (χ4v) is 3.08. The minimum Gasteiger partial charge on any atom is -0.457 e. The maximum atomic E-state index is 5.93. The first-order chi connectivity index (χ1) is 10.7. The van der Waals surface area contributed by atoms with E-state index in [-0.39, 0.29) is 0 Å². The first kappa shape index (κ1) is 15.1. The van der Waals surface area contributed by atoms with Gasteiger partial charge in [-0.3, -0.25) is 4.90 Å². The minimum atomic E-state index is 0.789. The molecular formula is C20H25NO. The lowest BCUT2D eigenvalue weighted by Gasteiger charge is -2.35. The SMILES string of the molecule is CC1CCN(Cc2cccc(Oc3ccccc3)c2)CC1C. The van der Waals surface area contributed by atoms with Crippen LogP contribution in [0.2, 0.25) is 0 Å². The van der Waals surface area contributed by atoms with E-state index in [9.17, 15) is 0 Å². The Morgan fingerprint density at radius 1 is 0.955 bits per heavy atom. The van der Waals surface area contributed by atoms with Crippen LogP contribution in [0.4, 0.5) is 0 Å². The van der Waals surface area contributed by atoms with Gasteiger partial charge in [-0.2, -0.15) is 0 Å². The molecule has 0 amide bonds. The normalized spacial score (nSPS) is 22.5. The van der Waals surface area contributed by atoms with Gasteiger partial charge in [0.15, 0.2) is 0 Å². The third-order valence-corrected chi connectivity index (χ3v) is 4.70. The quantitative estimate of drug-likeness (QED) is 0.790. The molecular weight excluding hydrogens is 270 g/mol. The van der Waals surface area contributed by atoms with E-state index in [1.807, 2.05) is 36.4 Å². The predicted molar refractivity (Wildman–Crippen MR) is 91.2 cm³/mol. The molecule has 0 N–H and O–H groups in total. The Morgan fingerprint density at radius 2 is 1.73 bits per heavy atom. The van der Waals surface area contributed by atoms with Gasteiger partial charge in [-0.1, -0.05) is 44.2 Å². The second-order valence-corrected chi connectivity index (χ2v) is 6.54. The van der Waals surface area contributed by atoms with Gasteiger partial charge in [-0.05, 0) is 54.6 Å². The standard InChI is InChI=1S/C20H25NO/c1-16-11-12-21(14-17(16)2)15-18-7-6-10-20(13-18)22-19-8-4-3-5-9-19/h3-10,13,16-17H,11-12,14-15H2,1-2H3. The van der Waals surface area contributed by atoms with E-state index in [1.54, 1.807) is 0 Å². The maximum absolute atomic E-state index is 5.93. The van der Waals surface area contributed by atoms with E-state index in [0.29, 0.717) is 0 Å². The van der Waals surface area contributed by atoms with Crippen molar-refractivity contribution in [1.82, 2.24) is 4.90 Å². The molecule has 2 aromatic carbocycles. The van der Waals surface area contributed by atoms with Crippen LogP contribution in [0.5, 0.6) is 11.5 Å². The molecule has 3 rings (SSSR count). The first-order valence-corrected chi connectivity index (χ1v) is 8.25. The zero-order chi connectivity index (χ0) is 15.4. The van der Waals surface area contributed by atoms with Crippen LogP contribution in [0.1, 0.15) is 25.8 Å². The molecule has 0 aliphatic carbocycles. The Labute approximate surface area is 133 Å². The van der Waals surface area contributed by atoms with Crippen LogP contribution >= 0.6 is 0 Å². The Morgan fingerprint density at radius 3 is 2.50 bits per heavy atom. The highest BCUT2D eigenvalue weighted by Gasteiger charge is 2.22. The number of hydrogen-bond acceptors (Lipinski definition) is 2. The number of piperidine rings is 1. The van der Waals surface area contributed by atoms with E-state index in [0.717, 1.165) is 29.9 Å². The lowest BCUT2D eigenvalue weighted by atomic mass is 9.88. The summed E-state index contributed by atoms with van der Waals surface area (Å²) >= 11 is 0. The van der Waals surface area contributed by atoms with Gasteiger partial charge in [-0.25, -0.2) is 0 Å². The molecule has 2 unspecified atom stereocenters.